The Labute approximate surface area is 69.3 Å². The Morgan fingerprint density at radius 2 is 1.92 bits per heavy atom. The molecule has 72 valence electrons. The third-order valence-corrected chi connectivity index (χ3v) is 2.22. The first-order valence-corrected chi connectivity index (χ1v) is 3.95. The van der Waals surface area contributed by atoms with Crippen molar-refractivity contribution in [2.24, 2.45) is 11.1 Å². The standard InChI is InChI=1S/C7H13F3N2/c8-7(9,10)5-12-4-6(3-11)1-2-6/h12H,1-5,11H2. The van der Waals surface area contributed by atoms with E-state index in [0.29, 0.717) is 13.1 Å². The van der Waals surface area contributed by atoms with Crippen LogP contribution in [0, 0.1) is 5.41 Å². The van der Waals surface area contributed by atoms with E-state index in [2.05, 4.69) is 5.32 Å². The zero-order chi connectivity index (χ0) is 9.24. The lowest BCUT2D eigenvalue weighted by molar-refractivity contribution is -0.125. The molecule has 2 nitrogen and oxygen atoms in total. The maximum Gasteiger partial charge on any atom is 0.401 e. The van der Waals surface area contributed by atoms with Crippen molar-refractivity contribution < 1.29 is 13.2 Å². The van der Waals surface area contributed by atoms with E-state index < -0.39 is 12.7 Å². The first-order chi connectivity index (χ1) is 5.47. The van der Waals surface area contributed by atoms with E-state index in [9.17, 15) is 13.2 Å². The van der Waals surface area contributed by atoms with Crippen molar-refractivity contribution in [2.75, 3.05) is 19.6 Å². The van der Waals surface area contributed by atoms with Crippen molar-refractivity contribution in [2.45, 2.75) is 19.0 Å². The van der Waals surface area contributed by atoms with Crippen molar-refractivity contribution in [3.05, 3.63) is 0 Å². The van der Waals surface area contributed by atoms with Gasteiger partial charge in [-0.25, -0.2) is 0 Å². The molecular formula is C7H13F3N2. The molecule has 1 aliphatic carbocycles. The molecule has 3 N–H and O–H groups in total. The Kier molecular flexibility index (Phi) is 2.63. The quantitative estimate of drug-likeness (QED) is 0.677. The van der Waals surface area contributed by atoms with Crippen molar-refractivity contribution in [1.82, 2.24) is 5.32 Å². The Morgan fingerprint density at radius 3 is 2.25 bits per heavy atom. The van der Waals surface area contributed by atoms with Crippen LogP contribution in [0.25, 0.3) is 0 Å². The summed E-state index contributed by atoms with van der Waals surface area (Å²) in [5, 5.41) is 2.37. The molecule has 0 amide bonds. The fraction of sp³-hybridized carbons (Fsp3) is 1.00. The van der Waals surface area contributed by atoms with E-state index in [1.54, 1.807) is 0 Å². The molecule has 0 aromatic heterocycles. The van der Waals surface area contributed by atoms with Gasteiger partial charge < -0.3 is 11.1 Å². The molecule has 1 aliphatic rings. The van der Waals surface area contributed by atoms with Crippen LogP contribution in [0.4, 0.5) is 13.2 Å². The first kappa shape index (κ1) is 9.80. The van der Waals surface area contributed by atoms with Gasteiger partial charge in [-0.05, 0) is 24.8 Å². The van der Waals surface area contributed by atoms with Gasteiger partial charge >= 0.3 is 6.18 Å². The van der Waals surface area contributed by atoms with E-state index >= 15 is 0 Å². The summed E-state index contributed by atoms with van der Waals surface area (Å²) in [4.78, 5) is 0. The maximum absolute atomic E-state index is 11.7. The molecule has 1 rings (SSSR count). The Morgan fingerprint density at radius 1 is 1.33 bits per heavy atom. The highest BCUT2D eigenvalue weighted by molar-refractivity contribution is 4.95. The molecule has 0 atom stereocenters. The van der Waals surface area contributed by atoms with Gasteiger partial charge in [0.15, 0.2) is 0 Å². The smallest absolute Gasteiger partial charge is 0.330 e. The minimum absolute atomic E-state index is 0.0226. The number of hydrogen-bond donors (Lipinski definition) is 2. The predicted molar refractivity (Wildman–Crippen MR) is 39.6 cm³/mol. The van der Waals surface area contributed by atoms with Gasteiger partial charge in [-0.2, -0.15) is 13.2 Å². The van der Waals surface area contributed by atoms with Gasteiger partial charge in [0.1, 0.15) is 0 Å². The van der Waals surface area contributed by atoms with Crippen LogP contribution in [0.3, 0.4) is 0 Å². The SMILES string of the molecule is NCC1(CNCC(F)(F)F)CC1. The zero-order valence-electron chi connectivity index (χ0n) is 6.75. The molecule has 0 unspecified atom stereocenters. The van der Waals surface area contributed by atoms with E-state index in [-0.39, 0.29) is 5.41 Å². The van der Waals surface area contributed by atoms with Crippen LogP contribution in [0.5, 0.6) is 0 Å². The summed E-state index contributed by atoms with van der Waals surface area (Å²) in [6.07, 6.45) is -2.20. The Bertz CT molecular complexity index is 151. The monoisotopic (exact) mass is 182 g/mol. The number of alkyl halides is 3. The van der Waals surface area contributed by atoms with E-state index in [4.69, 9.17) is 5.73 Å². The Hall–Kier alpha value is -0.290. The summed E-state index contributed by atoms with van der Waals surface area (Å²) in [7, 11) is 0. The van der Waals surface area contributed by atoms with Gasteiger partial charge in [-0.3, -0.25) is 0 Å². The van der Waals surface area contributed by atoms with Crippen LogP contribution in [0.2, 0.25) is 0 Å². The van der Waals surface area contributed by atoms with Crippen LogP contribution < -0.4 is 11.1 Å². The number of halogens is 3. The largest absolute Gasteiger partial charge is 0.401 e. The molecule has 0 heterocycles. The molecule has 0 aromatic carbocycles. The molecule has 1 fully saturated rings. The topological polar surface area (TPSA) is 38.0 Å². The van der Waals surface area contributed by atoms with Gasteiger partial charge in [0.05, 0.1) is 6.54 Å². The summed E-state index contributed by atoms with van der Waals surface area (Å²) >= 11 is 0. The lowest BCUT2D eigenvalue weighted by atomic mass is 10.1. The summed E-state index contributed by atoms with van der Waals surface area (Å²) in [6.45, 7) is -0.0321. The lowest BCUT2D eigenvalue weighted by Crippen LogP contribution is -2.35. The van der Waals surface area contributed by atoms with Crippen molar-refractivity contribution in [3.8, 4) is 0 Å². The lowest BCUT2D eigenvalue weighted by Gasteiger charge is -2.14. The van der Waals surface area contributed by atoms with E-state index in [1.165, 1.54) is 0 Å². The normalized spacial score (nSPS) is 21.0. The first-order valence-electron chi connectivity index (χ1n) is 3.95. The summed E-state index contributed by atoms with van der Waals surface area (Å²) in [5.74, 6) is 0. The molecular weight excluding hydrogens is 169 g/mol. The van der Waals surface area contributed by atoms with Crippen LogP contribution in [-0.2, 0) is 0 Å². The van der Waals surface area contributed by atoms with Crippen LogP contribution in [0.1, 0.15) is 12.8 Å². The van der Waals surface area contributed by atoms with Crippen LogP contribution in [-0.4, -0.2) is 25.8 Å². The molecule has 0 spiro atoms. The van der Waals surface area contributed by atoms with Gasteiger partial charge in [0, 0.05) is 6.54 Å². The maximum atomic E-state index is 11.7. The van der Waals surface area contributed by atoms with Crippen LogP contribution in [0.15, 0.2) is 0 Å². The van der Waals surface area contributed by atoms with Crippen molar-refractivity contribution in [3.63, 3.8) is 0 Å². The summed E-state index contributed by atoms with van der Waals surface area (Å²) < 4.78 is 35.0. The van der Waals surface area contributed by atoms with Gasteiger partial charge in [-0.1, -0.05) is 0 Å². The molecule has 0 aromatic rings. The van der Waals surface area contributed by atoms with E-state index in [0.717, 1.165) is 12.8 Å². The van der Waals surface area contributed by atoms with Gasteiger partial charge in [-0.15, -0.1) is 0 Å². The predicted octanol–water partition coefficient (Wildman–Crippen LogP) is 0.877. The van der Waals surface area contributed by atoms with E-state index in [1.807, 2.05) is 0 Å². The number of nitrogens with one attached hydrogen (secondary N) is 1. The van der Waals surface area contributed by atoms with Gasteiger partial charge in [0.25, 0.3) is 0 Å². The average molecular weight is 182 g/mol. The van der Waals surface area contributed by atoms with Crippen molar-refractivity contribution in [1.29, 1.82) is 0 Å². The molecule has 0 saturated heterocycles. The second-order valence-electron chi connectivity index (χ2n) is 3.42. The minimum Gasteiger partial charge on any atom is -0.330 e. The average Bonchev–Trinajstić information content (AvgIpc) is 2.67. The van der Waals surface area contributed by atoms with Gasteiger partial charge in [0.2, 0.25) is 0 Å². The van der Waals surface area contributed by atoms with Crippen molar-refractivity contribution >= 4 is 0 Å². The molecule has 0 radical (unpaired) electrons. The molecule has 1 saturated carbocycles. The highest BCUT2D eigenvalue weighted by Gasteiger charge is 2.41. The molecule has 12 heavy (non-hydrogen) atoms. The zero-order valence-corrected chi connectivity index (χ0v) is 6.75. The molecule has 5 heteroatoms. The number of nitrogens with two attached hydrogens (primary N) is 1. The fourth-order valence-electron chi connectivity index (χ4n) is 1.10. The highest BCUT2D eigenvalue weighted by Crippen LogP contribution is 2.43. The highest BCUT2D eigenvalue weighted by atomic mass is 19.4. The minimum atomic E-state index is -4.11. The third-order valence-electron chi connectivity index (χ3n) is 2.22. The second-order valence-corrected chi connectivity index (χ2v) is 3.42. The second kappa shape index (κ2) is 3.22. The third kappa shape index (κ3) is 2.98. The molecule has 0 bridgehead atoms. The number of hydrogen-bond acceptors (Lipinski definition) is 2. The fourth-order valence-corrected chi connectivity index (χ4v) is 1.10. The summed E-state index contributed by atoms with van der Waals surface area (Å²) in [6, 6.07) is 0. The Balaban J connectivity index is 2.10. The molecule has 0 aliphatic heterocycles. The number of rotatable bonds is 4. The summed E-state index contributed by atoms with van der Waals surface area (Å²) in [5.41, 5.74) is 5.37. The van der Waals surface area contributed by atoms with Crippen LogP contribution >= 0.6 is 0 Å².